The molecule has 0 aliphatic carbocycles. The molecule has 2 N–H and O–H groups in total. The van der Waals surface area contributed by atoms with Crippen molar-refractivity contribution in [1.29, 1.82) is 0 Å². The molecule has 2 rings (SSSR count). The molecular weight excluding hydrogens is 262 g/mol. The summed E-state index contributed by atoms with van der Waals surface area (Å²) in [6, 6.07) is 6.50. The van der Waals surface area contributed by atoms with E-state index in [-0.39, 0.29) is 11.9 Å². The molecule has 1 aromatic rings. The number of aliphatic hydroxyl groups excluding tert-OH is 1. The number of hydrogen-bond donors (Lipinski definition) is 2. The minimum absolute atomic E-state index is 0.213. The van der Waals surface area contributed by atoms with Crippen LogP contribution in [0.1, 0.15) is 6.92 Å². The quantitative estimate of drug-likeness (QED) is 0.826. The van der Waals surface area contributed by atoms with Gasteiger partial charge in [-0.1, -0.05) is 15.9 Å². The maximum atomic E-state index is 9.18. The third kappa shape index (κ3) is 1.92. The number of rotatable bonds is 1. The van der Waals surface area contributed by atoms with Crippen LogP contribution in [0.15, 0.2) is 27.6 Å². The van der Waals surface area contributed by atoms with Crippen molar-refractivity contribution in [3.05, 3.63) is 22.7 Å². The molecule has 0 fully saturated rings. The molecule has 1 heterocycles. The Bertz CT molecular complexity index is 345. The van der Waals surface area contributed by atoms with Crippen LogP contribution in [0.3, 0.4) is 0 Å². The van der Waals surface area contributed by atoms with Crippen LogP contribution in [0.4, 0.5) is 5.69 Å². The molecule has 14 heavy (non-hydrogen) atoms. The first-order valence-corrected chi connectivity index (χ1v) is 6.21. The lowest BCUT2D eigenvalue weighted by atomic mass is 10.2. The Kier molecular flexibility index (Phi) is 3.04. The van der Waals surface area contributed by atoms with E-state index in [1.165, 1.54) is 4.90 Å². The summed E-state index contributed by atoms with van der Waals surface area (Å²) in [5, 5.41) is 12.8. The molecule has 1 aliphatic heterocycles. The van der Waals surface area contributed by atoms with E-state index in [2.05, 4.69) is 40.3 Å². The largest absolute Gasteiger partial charge is 0.395 e. The van der Waals surface area contributed by atoms with Gasteiger partial charge in [0.1, 0.15) is 0 Å². The number of halogens is 1. The van der Waals surface area contributed by atoms with Gasteiger partial charge in [-0.25, -0.2) is 0 Å². The topological polar surface area (TPSA) is 32.3 Å². The van der Waals surface area contributed by atoms with Gasteiger partial charge in [0, 0.05) is 21.1 Å². The Morgan fingerprint density at radius 2 is 2.36 bits per heavy atom. The maximum Gasteiger partial charge on any atom is 0.0573 e. The van der Waals surface area contributed by atoms with Crippen molar-refractivity contribution in [1.82, 2.24) is 0 Å². The number of hydrogen-bond acceptors (Lipinski definition) is 3. The van der Waals surface area contributed by atoms with Crippen LogP contribution < -0.4 is 5.32 Å². The van der Waals surface area contributed by atoms with Gasteiger partial charge in [0.2, 0.25) is 0 Å². The second kappa shape index (κ2) is 4.13. The van der Waals surface area contributed by atoms with Crippen LogP contribution in [-0.2, 0) is 0 Å². The van der Waals surface area contributed by atoms with E-state index in [0.29, 0.717) is 6.04 Å². The molecule has 4 heteroatoms. The summed E-state index contributed by atoms with van der Waals surface area (Å²) in [5.41, 5.74) is 1.16. The van der Waals surface area contributed by atoms with Crippen LogP contribution in [0, 0.1) is 0 Å². The molecule has 0 saturated carbocycles. The van der Waals surface area contributed by atoms with Crippen LogP contribution in [0.25, 0.3) is 0 Å². The van der Waals surface area contributed by atoms with Crippen molar-refractivity contribution in [2.24, 2.45) is 0 Å². The fourth-order valence-corrected chi connectivity index (χ4v) is 3.15. The SMILES string of the molecule is CC1Nc2ccc(Br)cc2SC1CO. The fourth-order valence-electron chi connectivity index (χ4n) is 1.51. The molecule has 0 bridgehead atoms. The molecule has 0 spiro atoms. The summed E-state index contributed by atoms with van der Waals surface area (Å²) in [4.78, 5) is 1.21. The molecule has 2 unspecified atom stereocenters. The molecule has 2 atom stereocenters. The summed E-state index contributed by atoms with van der Waals surface area (Å²) >= 11 is 5.18. The molecule has 0 amide bonds. The number of thioether (sulfide) groups is 1. The third-order valence-corrected chi connectivity index (χ3v) is 4.29. The van der Waals surface area contributed by atoms with Crippen molar-refractivity contribution >= 4 is 33.4 Å². The van der Waals surface area contributed by atoms with Gasteiger partial charge in [-0.2, -0.15) is 0 Å². The Hall–Kier alpha value is -0.190. The average molecular weight is 274 g/mol. The summed E-state index contributed by atoms with van der Waals surface area (Å²) in [5.74, 6) is 0. The second-order valence-electron chi connectivity index (χ2n) is 3.41. The van der Waals surface area contributed by atoms with E-state index in [9.17, 15) is 5.11 Å². The first-order valence-electron chi connectivity index (χ1n) is 4.54. The lowest BCUT2D eigenvalue weighted by Gasteiger charge is -2.30. The standard InChI is InChI=1S/C10H12BrNOS/c1-6-10(5-13)14-9-4-7(11)2-3-8(9)12-6/h2-4,6,10,12-13H,5H2,1H3. The molecule has 0 radical (unpaired) electrons. The summed E-state index contributed by atoms with van der Waals surface area (Å²) in [6.45, 7) is 2.31. The monoisotopic (exact) mass is 273 g/mol. The number of nitrogens with one attached hydrogen (secondary N) is 1. The molecule has 1 aliphatic rings. The zero-order valence-corrected chi connectivity index (χ0v) is 10.2. The van der Waals surface area contributed by atoms with E-state index in [1.54, 1.807) is 11.8 Å². The van der Waals surface area contributed by atoms with E-state index in [0.717, 1.165) is 10.2 Å². The second-order valence-corrected chi connectivity index (χ2v) is 5.61. The molecule has 1 aromatic carbocycles. The first kappa shape index (κ1) is 10.3. The van der Waals surface area contributed by atoms with E-state index >= 15 is 0 Å². The number of fused-ring (bicyclic) bond motifs is 1. The van der Waals surface area contributed by atoms with Crippen molar-refractivity contribution in [2.45, 2.75) is 23.1 Å². The van der Waals surface area contributed by atoms with Crippen LogP contribution >= 0.6 is 27.7 Å². The predicted molar refractivity (Wildman–Crippen MR) is 64.0 cm³/mol. The van der Waals surface area contributed by atoms with Gasteiger partial charge < -0.3 is 10.4 Å². The lowest BCUT2D eigenvalue weighted by Crippen LogP contribution is -2.34. The van der Waals surface area contributed by atoms with Crippen molar-refractivity contribution < 1.29 is 5.11 Å². The molecule has 0 saturated heterocycles. The minimum Gasteiger partial charge on any atom is -0.395 e. The van der Waals surface area contributed by atoms with Gasteiger partial charge in [0.25, 0.3) is 0 Å². The molecule has 76 valence electrons. The zero-order valence-electron chi connectivity index (χ0n) is 7.83. The highest BCUT2D eigenvalue weighted by atomic mass is 79.9. The van der Waals surface area contributed by atoms with Crippen molar-refractivity contribution in [2.75, 3.05) is 11.9 Å². The van der Waals surface area contributed by atoms with Gasteiger partial charge in [0.05, 0.1) is 11.9 Å². The van der Waals surface area contributed by atoms with E-state index < -0.39 is 0 Å². The minimum atomic E-state index is 0.213. The Morgan fingerprint density at radius 3 is 3.07 bits per heavy atom. The summed E-state index contributed by atoms with van der Waals surface area (Å²) in [7, 11) is 0. The van der Waals surface area contributed by atoms with E-state index in [1.807, 2.05) is 6.07 Å². The number of aliphatic hydroxyl groups is 1. The lowest BCUT2D eigenvalue weighted by molar-refractivity contribution is 0.287. The number of benzene rings is 1. The van der Waals surface area contributed by atoms with Crippen LogP contribution in [-0.4, -0.2) is 23.0 Å². The molecule has 2 nitrogen and oxygen atoms in total. The Morgan fingerprint density at radius 1 is 1.57 bits per heavy atom. The van der Waals surface area contributed by atoms with Gasteiger partial charge in [-0.15, -0.1) is 11.8 Å². The highest BCUT2D eigenvalue weighted by Crippen LogP contribution is 2.38. The summed E-state index contributed by atoms with van der Waals surface area (Å²) in [6.07, 6.45) is 0. The first-order chi connectivity index (χ1) is 6.70. The average Bonchev–Trinajstić information content (AvgIpc) is 2.17. The normalized spacial score (nSPS) is 25.4. The van der Waals surface area contributed by atoms with Crippen LogP contribution in [0.2, 0.25) is 0 Å². The highest BCUT2D eigenvalue weighted by molar-refractivity contribution is 9.10. The van der Waals surface area contributed by atoms with Crippen molar-refractivity contribution in [3.8, 4) is 0 Å². The Labute approximate surface area is 96.2 Å². The summed E-state index contributed by atoms with van der Waals surface area (Å²) < 4.78 is 1.08. The smallest absolute Gasteiger partial charge is 0.0573 e. The molecular formula is C10H12BrNOS. The third-order valence-electron chi connectivity index (χ3n) is 2.34. The maximum absolute atomic E-state index is 9.18. The van der Waals surface area contributed by atoms with Gasteiger partial charge in [0.15, 0.2) is 0 Å². The fraction of sp³-hybridized carbons (Fsp3) is 0.400. The highest BCUT2D eigenvalue weighted by Gasteiger charge is 2.24. The van der Waals surface area contributed by atoms with Crippen LogP contribution in [0.5, 0.6) is 0 Å². The Balaban J connectivity index is 2.31. The molecule has 0 aromatic heterocycles. The van der Waals surface area contributed by atoms with E-state index in [4.69, 9.17) is 0 Å². The van der Waals surface area contributed by atoms with Gasteiger partial charge in [-0.3, -0.25) is 0 Å². The van der Waals surface area contributed by atoms with Gasteiger partial charge in [-0.05, 0) is 25.1 Å². The number of anilines is 1. The van der Waals surface area contributed by atoms with Gasteiger partial charge >= 0.3 is 0 Å². The zero-order chi connectivity index (χ0) is 10.1. The predicted octanol–water partition coefficient (Wildman–Crippen LogP) is 2.72. The van der Waals surface area contributed by atoms with Crippen molar-refractivity contribution in [3.63, 3.8) is 0 Å².